The van der Waals surface area contributed by atoms with E-state index in [2.05, 4.69) is 0 Å². The van der Waals surface area contributed by atoms with Gasteiger partial charge in [0.15, 0.2) is 0 Å². The summed E-state index contributed by atoms with van der Waals surface area (Å²) in [4.78, 5) is 24.5. The van der Waals surface area contributed by atoms with E-state index in [1.807, 2.05) is 0 Å². The minimum absolute atomic E-state index is 0.0963. The summed E-state index contributed by atoms with van der Waals surface area (Å²) in [5.74, 6) is -0.754. The van der Waals surface area contributed by atoms with Crippen molar-refractivity contribution >= 4 is 17.3 Å². The molecule has 6 heteroatoms. The van der Waals surface area contributed by atoms with Gasteiger partial charge in [0.2, 0.25) is 0 Å². The van der Waals surface area contributed by atoms with Crippen LogP contribution >= 0.6 is 0 Å². The number of nitro groups is 1. The number of amides is 1. The Labute approximate surface area is 127 Å². The summed E-state index contributed by atoms with van der Waals surface area (Å²) in [7, 11) is 0. The highest BCUT2D eigenvalue weighted by Crippen LogP contribution is 2.22. The zero-order chi connectivity index (χ0) is 16.3. The number of carbonyl (C=O) groups is 1. The third-order valence-corrected chi connectivity index (χ3v) is 3.35. The number of rotatable bonds is 4. The van der Waals surface area contributed by atoms with Crippen molar-refractivity contribution in [2.45, 2.75) is 13.8 Å². The van der Waals surface area contributed by atoms with Crippen molar-refractivity contribution in [3.63, 3.8) is 0 Å². The average molecular weight is 302 g/mol. The van der Waals surface area contributed by atoms with Gasteiger partial charge in [0.05, 0.1) is 4.92 Å². The number of hydrogen-bond acceptors (Lipinski definition) is 3. The Bertz CT molecular complexity index is 714. The Kier molecular flexibility index (Phi) is 4.50. The van der Waals surface area contributed by atoms with E-state index in [4.69, 9.17) is 0 Å². The molecule has 0 bridgehead atoms. The predicted octanol–water partition coefficient (Wildman–Crippen LogP) is 3.71. The molecular weight excluding hydrogens is 287 g/mol. The van der Waals surface area contributed by atoms with Crippen LogP contribution in [0.25, 0.3) is 0 Å². The molecule has 0 aromatic heterocycles. The van der Waals surface area contributed by atoms with Crippen molar-refractivity contribution < 1.29 is 14.1 Å². The van der Waals surface area contributed by atoms with Gasteiger partial charge in [-0.1, -0.05) is 6.07 Å². The number of benzene rings is 2. The molecule has 0 aliphatic heterocycles. The van der Waals surface area contributed by atoms with E-state index < -0.39 is 10.7 Å². The zero-order valence-corrected chi connectivity index (χ0v) is 12.2. The molecule has 0 aliphatic carbocycles. The van der Waals surface area contributed by atoms with Crippen LogP contribution in [0.3, 0.4) is 0 Å². The van der Waals surface area contributed by atoms with E-state index in [-0.39, 0.29) is 17.2 Å². The number of hydrogen-bond donors (Lipinski definition) is 0. The third kappa shape index (κ3) is 3.11. The summed E-state index contributed by atoms with van der Waals surface area (Å²) in [5.41, 5.74) is 1.16. The number of anilines is 1. The van der Waals surface area contributed by atoms with Crippen LogP contribution in [0.15, 0.2) is 42.5 Å². The second kappa shape index (κ2) is 6.34. The molecule has 5 nitrogen and oxygen atoms in total. The van der Waals surface area contributed by atoms with E-state index in [9.17, 15) is 19.3 Å². The standard InChI is InChI=1S/C16H15FN2O3/c1-3-18(14-8-6-13(17)7-9-14)16(20)12-5-4-11(2)15(10-12)19(21)22/h4-10H,3H2,1-2H3. The third-order valence-electron chi connectivity index (χ3n) is 3.35. The highest BCUT2D eigenvalue weighted by Gasteiger charge is 2.20. The normalized spacial score (nSPS) is 10.3. The first-order valence-corrected chi connectivity index (χ1v) is 6.76. The number of carbonyl (C=O) groups excluding carboxylic acids is 1. The van der Waals surface area contributed by atoms with Crippen LogP contribution < -0.4 is 4.90 Å². The Balaban J connectivity index is 2.38. The van der Waals surface area contributed by atoms with Gasteiger partial charge >= 0.3 is 0 Å². The summed E-state index contributed by atoms with van der Waals surface area (Å²) in [6.45, 7) is 3.76. The molecule has 0 spiro atoms. The fraction of sp³-hybridized carbons (Fsp3) is 0.188. The molecule has 0 radical (unpaired) electrons. The first-order valence-electron chi connectivity index (χ1n) is 6.76. The molecule has 114 valence electrons. The van der Waals surface area contributed by atoms with Crippen molar-refractivity contribution in [3.8, 4) is 0 Å². The van der Waals surface area contributed by atoms with Crippen molar-refractivity contribution in [2.24, 2.45) is 0 Å². The van der Waals surface area contributed by atoms with Gasteiger partial charge in [-0.25, -0.2) is 4.39 Å². The van der Waals surface area contributed by atoms with E-state index in [0.717, 1.165) is 0 Å². The number of aryl methyl sites for hydroxylation is 1. The fourth-order valence-corrected chi connectivity index (χ4v) is 2.16. The maximum Gasteiger partial charge on any atom is 0.273 e. The van der Waals surface area contributed by atoms with Gasteiger partial charge in [0, 0.05) is 29.4 Å². The summed E-state index contributed by atoms with van der Waals surface area (Å²) >= 11 is 0. The van der Waals surface area contributed by atoms with E-state index in [1.54, 1.807) is 26.0 Å². The lowest BCUT2D eigenvalue weighted by Gasteiger charge is -2.21. The highest BCUT2D eigenvalue weighted by atomic mass is 19.1. The summed E-state index contributed by atoms with van der Waals surface area (Å²) in [6, 6.07) is 9.90. The summed E-state index contributed by atoms with van der Waals surface area (Å²) < 4.78 is 13.0. The van der Waals surface area contributed by atoms with Gasteiger partial charge in [-0.2, -0.15) is 0 Å². The molecule has 0 aliphatic rings. The Morgan fingerprint density at radius 2 is 1.86 bits per heavy atom. The predicted molar refractivity (Wildman–Crippen MR) is 81.6 cm³/mol. The van der Waals surface area contributed by atoms with E-state index >= 15 is 0 Å². The first-order chi connectivity index (χ1) is 10.4. The van der Waals surface area contributed by atoms with Crippen molar-refractivity contribution in [2.75, 3.05) is 11.4 Å². The van der Waals surface area contributed by atoms with E-state index in [1.165, 1.54) is 35.2 Å². The van der Waals surface area contributed by atoms with Gasteiger partial charge in [-0.05, 0) is 44.2 Å². The average Bonchev–Trinajstić information content (AvgIpc) is 2.50. The fourth-order valence-electron chi connectivity index (χ4n) is 2.16. The molecule has 2 aromatic carbocycles. The minimum atomic E-state index is -0.514. The molecule has 0 saturated heterocycles. The van der Waals surface area contributed by atoms with Crippen molar-refractivity contribution in [1.82, 2.24) is 0 Å². The SMILES string of the molecule is CCN(C(=O)c1ccc(C)c([N+](=O)[O-])c1)c1ccc(F)cc1. The number of halogens is 1. The highest BCUT2D eigenvalue weighted by molar-refractivity contribution is 6.06. The maximum absolute atomic E-state index is 13.0. The van der Waals surface area contributed by atoms with E-state index in [0.29, 0.717) is 17.8 Å². The van der Waals surface area contributed by atoms with Crippen LogP contribution in [-0.2, 0) is 0 Å². The van der Waals surface area contributed by atoms with Crippen LogP contribution in [0.4, 0.5) is 15.8 Å². The molecule has 22 heavy (non-hydrogen) atoms. The summed E-state index contributed by atoms with van der Waals surface area (Å²) in [5, 5.41) is 11.0. The number of nitrogens with zero attached hydrogens (tertiary/aromatic N) is 2. The van der Waals surface area contributed by atoms with Crippen molar-refractivity contribution in [1.29, 1.82) is 0 Å². The molecule has 0 atom stereocenters. The second-order valence-corrected chi connectivity index (χ2v) is 4.78. The lowest BCUT2D eigenvalue weighted by molar-refractivity contribution is -0.385. The van der Waals surface area contributed by atoms with Crippen LogP contribution in [0.5, 0.6) is 0 Å². The Morgan fingerprint density at radius 1 is 1.23 bits per heavy atom. The molecule has 0 saturated carbocycles. The van der Waals surface area contributed by atoms with Gasteiger partial charge in [0.1, 0.15) is 5.82 Å². The molecule has 1 amide bonds. The van der Waals surface area contributed by atoms with Crippen LogP contribution in [0.2, 0.25) is 0 Å². The number of nitro benzene ring substituents is 1. The lowest BCUT2D eigenvalue weighted by Crippen LogP contribution is -2.30. The molecule has 2 aromatic rings. The smallest absolute Gasteiger partial charge is 0.273 e. The van der Waals surface area contributed by atoms with Crippen molar-refractivity contribution in [3.05, 3.63) is 69.5 Å². The lowest BCUT2D eigenvalue weighted by atomic mass is 10.1. The van der Waals surface area contributed by atoms with Gasteiger partial charge < -0.3 is 4.90 Å². The van der Waals surface area contributed by atoms with Gasteiger partial charge in [-0.15, -0.1) is 0 Å². The monoisotopic (exact) mass is 302 g/mol. The molecule has 2 rings (SSSR count). The quantitative estimate of drug-likeness (QED) is 0.639. The van der Waals surface area contributed by atoms with Crippen LogP contribution in [0, 0.1) is 22.9 Å². The largest absolute Gasteiger partial charge is 0.309 e. The molecule has 0 N–H and O–H groups in total. The molecular formula is C16H15FN2O3. The molecule has 0 fully saturated rings. The molecule has 0 unspecified atom stereocenters. The van der Waals surface area contributed by atoms with Crippen LogP contribution in [0.1, 0.15) is 22.8 Å². The summed E-state index contributed by atoms with van der Waals surface area (Å²) in [6.07, 6.45) is 0. The Hall–Kier alpha value is -2.76. The second-order valence-electron chi connectivity index (χ2n) is 4.78. The maximum atomic E-state index is 13.0. The van der Waals surface area contributed by atoms with Gasteiger partial charge in [0.25, 0.3) is 11.6 Å². The minimum Gasteiger partial charge on any atom is -0.309 e. The van der Waals surface area contributed by atoms with Crippen LogP contribution in [-0.4, -0.2) is 17.4 Å². The zero-order valence-electron chi connectivity index (χ0n) is 12.2. The molecule has 0 heterocycles. The Morgan fingerprint density at radius 3 is 2.41 bits per heavy atom. The van der Waals surface area contributed by atoms with Gasteiger partial charge in [-0.3, -0.25) is 14.9 Å². The first kappa shape index (κ1) is 15.6. The topological polar surface area (TPSA) is 63.5 Å².